The van der Waals surface area contributed by atoms with Crippen LogP contribution in [0.15, 0.2) is 29.8 Å². The molecule has 1 aromatic heterocycles. The Morgan fingerprint density at radius 2 is 2.06 bits per heavy atom. The fourth-order valence-corrected chi connectivity index (χ4v) is 6.17. The molecule has 3 N–H and O–H groups in total. The van der Waals surface area contributed by atoms with Gasteiger partial charge in [0.05, 0.1) is 46.1 Å². The van der Waals surface area contributed by atoms with Crippen molar-refractivity contribution < 1.29 is 27.4 Å². The van der Waals surface area contributed by atoms with Crippen molar-refractivity contribution in [3.8, 4) is 0 Å². The lowest BCUT2D eigenvalue weighted by Gasteiger charge is -2.29. The number of hydrogen-bond donors (Lipinski definition) is 3. The Hall–Kier alpha value is -1.61. The predicted molar refractivity (Wildman–Crippen MR) is 124 cm³/mol. The molecule has 31 heavy (non-hydrogen) atoms. The Morgan fingerprint density at radius 1 is 1.32 bits per heavy atom. The number of halogens is 3. The lowest BCUT2D eigenvalue weighted by atomic mass is 10.2. The summed E-state index contributed by atoms with van der Waals surface area (Å²) in [5.74, 6) is -1.47. The number of benzene rings is 2. The van der Waals surface area contributed by atoms with E-state index in [1.807, 2.05) is 22.6 Å². The quantitative estimate of drug-likeness (QED) is 0.352. The molecule has 7 nitrogen and oxygen atoms in total. The zero-order valence-electron chi connectivity index (χ0n) is 15.9. The standard InChI is InChI=1S/C19H18F2IN3O4S2/c20-13-5-10(22)1-4-14(13)24-18-15(6-16-19(17(18)21)23-9-30-16)25(7-11(27)8-26)31(28,29)12-2-3-12/h1,4-6,9,11-12,24,26-27H,2-3,7-8H2. The van der Waals surface area contributed by atoms with Crippen LogP contribution in [0.5, 0.6) is 0 Å². The highest BCUT2D eigenvalue weighted by Crippen LogP contribution is 2.42. The van der Waals surface area contributed by atoms with Crippen molar-refractivity contribution in [1.29, 1.82) is 0 Å². The van der Waals surface area contributed by atoms with Gasteiger partial charge in [0.2, 0.25) is 10.0 Å². The van der Waals surface area contributed by atoms with Crippen molar-refractivity contribution in [2.24, 2.45) is 0 Å². The molecule has 0 saturated heterocycles. The molecule has 1 aliphatic rings. The normalized spacial score (nSPS) is 15.3. The highest BCUT2D eigenvalue weighted by Gasteiger charge is 2.42. The number of aromatic nitrogens is 1. The van der Waals surface area contributed by atoms with E-state index in [9.17, 15) is 23.0 Å². The molecular formula is C19H18F2IN3O4S2. The Morgan fingerprint density at radius 3 is 2.71 bits per heavy atom. The number of thiazole rings is 1. The van der Waals surface area contributed by atoms with Gasteiger partial charge in [-0.3, -0.25) is 4.31 Å². The summed E-state index contributed by atoms with van der Waals surface area (Å²) in [7, 11) is -3.94. The van der Waals surface area contributed by atoms with E-state index in [0.29, 0.717) is 21.1 Å². The van der Waals surface area contributed by atoms with Gasteiger partial charge in [-0.15, -0.1) is 11.3 Å². The van der Waals surface area contributed by atoms with Gasteiger partial charge < -0.3 is 15.5 Å². The minimum Gasteiger partial charge on any atom is -0.394 e. The number of nitrogens with zero attached hydrogens (tertiary/aromatic N) is 2. The van der Waals surface area contributed by atoms with Crippen LogP contribution in [0.1, 0.15) is 12.8 Å². The largest absolute Gasteiger partial charge is 0.394 e. The van der Waals surface area contributed by atoms with Gasteiger partial charge in [-0.1, -0.05) is 0 Å². The average Bonchev–Trinajstić information content (AvgIpc) is 3.49. The topological polar surface area (TPSA) is 103 Å². The number of fused-ring (bicyclic) bond motifs is 1. The highest BCUT2D eigenvalue weighted by atomic mass is 127. The van der Waals surface area contributed by atoms with E-state index in [4.69, 9.17) is 0 Å². The number of aliphatic hydroxyl groups is 2. The molecule has 0 bridgehead atoms. The van der Waals surface area contributed by atoms with Crippen LogP contribution in [-0.4, -0.2) is 48.1 Å². The molecular weight excluding hydrogens is 563 g/mol. The van der Waals surface area contributed by atoms with E-state index in [2.05, 4.69) is 10.3 Å². The van der Waals surface area contributed by atoms with E-state index >= 15 is 4.39 Å². The third-order valence-corrected chi connectivity index (χ3v) is 8.57. The second-order valence-electron chi connectivity index (χ2n) is 7.14. The van der Waals surface area contributed by atoms with Gasteiger partial charge in [-0.05, 0) is 59.7 Å². The Labute approximate surface area is 194 Å². The molecule has 0 radical (unpaired) electrons. The van der Waals surface area contributed by atoms with Crippen molar-refractivity contribution in [3.63, 3.8) is 0 Å². The van der Waals surface area contributed by atoms with Crippen LogP contribution >= 0.6 is 33.9 Å². The molecule has 4 rings (SSSR count). The number of rotatable bonds is 8. The van der Waals surface area contributed by atoms with Crippen molar-refractivity contribution in [2.75, 3.05) is 22.8 Å². The van der Waals surface area contributed by atoms with Crippen LogP contribution in [0, 0.1) is 15.2 Å². The molecule has 1 atom stereocenters. The van der Waals surface area contributed by atoms with E-state index in [1.165, 1.54) is 23.7 Å². The lowest BCUT2D eigenvalue weighted by Crippen LogP contribution is -2.41. The third-order valence-electron chi connectivity index (χ3n) is 4.85. The molecule has 0 spiro atoms. The summed E-state index contributed by atoms with van der Waals surface area (Å²) in [6.45, 7) is -1.14. The van der Waals surface area contributed by atoms with Crippen molar-refractivity contribution in [3.05, 3.63) is 45.0 Å². The second kappa shape index (κ2) is 8.73. The summed E-state index contributed by atoms with van der Waals surface area (Å²) < 4.78 is 58.2. The molecule has 0 aliphatic heterocycles. The van der Waals surface area contributed by atoms with Crippen molar-refractivity contribution in [1.82, 2.24) is 4.98 Å². The first-order valence-corrected chi connectivity index (χ1v) is 12.8. The van der Waals surface area contributed by atoms with Gasteiger partial charge >= 0.3 is 0 Å². The number of nitrogens with one attached hydrogen (secondary N) is 1. The van der Waals surface area contributed by atoms with Gasteiger partial charge in [-0.25, -0.2) is 22.2 Å². The number of hydrogen-bond acceptors (Lipinski definition) is 7. The maximum atomic E-state index is 15.5. The Kier molecular flexibility index (Phi) is 6.36. The van der Waals surface area contributed by atoms with Crippen LogP contribution in [0.2, 0.25) is 0 Å². The smallest absolute Gasteiger partial charge is 0.238 e. The molecule has 1 unspecified atom stereocenters. The minimum atomic E-state index is -3.94. The van der Waals surface area contributed by atoms with Crippen LogP contribution in [-0.2, 0) is 10.0 Å². The number of anilines is 3. The highest BCUT2D eigenvalue weighted by molar-refractivity contribution is 14.1. The van der Waals surface area contributed by atoms with Gasteiger partial charge in [0.1, 0.15) is 17.0 Å². The third kappa shape index (κ3) is 4.49. The SMILES string of the molecule is O=S(=O)(C1CC1)N(CC(O)CO)c1cc2scnc2c(F)c1Nc1ccc(I)cc1F. The summed E-state index contributed by atoms with van der Waals surface area (Å²) in [4.78, 5) is 4.00. The zero-order valence-corrected chi connectivity index (χ0v) is 19.7. The lowest BCUT2D eigenvalue weighted by molar-refractivity contribution is 0.102. The van der Waals surface area contributed by atoms with Crippen LogP contribution < -0.4 is 9.62 Å². The average molecular weight is 581 g/mol. The molecule has 1 aliphatic carbocycles. The summed E-state index contributed by atoms with van der Waals surface area (Å²) in [5.41, 5.74) is 1.06. The first kappa shape index (κ1) is 22.6. The second-order valence-corrected chi connectivity index (χ2v) is 11.4. The molecule has 0 amide bonds. The zero-order chi connectivity index (χ0) is 22.3. The summed E-state index contributed by atoms with van der Waals surface area (Å²) in [5, 5.41) is 21.3. The maximum absolute atomic E-state index is 15.5. The molecule has 12 heteroatoms. The summed E-state index contributed by atoms with van der Waals surface area (Å²) >= 11 is 3.07. The van der Waals surface area contributed by atoms with Gasteiger partial charge in [-0.2, -0.15) is 0 Å². The summed E-state index contributed by atoms with van der Waals surface area (Å²) in [6.07, 6.45) is -0.474. The van der Waals surface area contributed by atoms with Crippen LogP contribution in [0.25, 0.3) is 10.2 Å². The van der Waals surface area contributed by atoms with E-state index in [0.717, 1.165) is 15.6 Å². The monoisotopic (exact) mass is 581 g/mol. The van der Waals surface area contributed by atoms with Crippen molar-refractivity contribution in [2.45, 2.75) is 24.2 Å². The summed E-state index contributed by atoms with van der Waals surface area (Å²) in [6, 6.07) is 5.76. The molecule has 1 fully saturated rings. The first-order valence-electron chi connectivity index (χ1n) is 9.30. The maximum Gasteiger partial charge on any atom is 0.238 e. The van der Waals surface area contributed by atoms with E-state index in [1.54, 1.807) is 6.07 Å². The van der Waals surface area contributed by atoms with Gasteiger partial charge in [0.15, 0.2) is 5.82 Å². The van der Waals surface area contributed by atoms with Crippen LogP contribution in [0.4, 0.5) is 25.8 Å². The first-order chi connectivity index (χ1) is 14.7. The minimum absolute atomic E-state index is 0.0219. The Balaban J connectivity index is 1.90. The molecule has 3 aromatic rings. The predicted octanol–water partition coefficient (Wildman–Crippen LogP) is 3.57. The van der Waals surface area contributed by atoms with Gasteiger partial charge in [0, 0.05) is 3.57 Å². The fraction of sp³-hybridized carbons (Fsp3) is 0.316. The fourth-order valence-electron chi connectivity index (χ4n) is 3.13. The van der Waals surface area contributed by atoms with E-state index in [-0.39, 0.29) is 22.6 Å². The Bertz CT molecular complexity index is 1230. The number of sulfonamides is 1. The molecule has 1 heterocycles. The molecule has 1 saturated carbocycles. The van der Waals surface area contributed by atoms with E-state index < -0.39 is 46.2 Å². The van der Waals surface area contributed by atoms with Crippen molar-refractivity contribution >= 4 is 71.2 Å². The van der Waals surface area contributed by atoms with Gasteiger partial charge in [0.25, 0.3) is 0 Å². The molecule has 166 valence electrons. The van der Waals surface area contributed by atoms with Crippen LogP contribution in [0.3, 0.4) is 0 Å². The number of aliphatic hydroxyl groups excluding tert-OH is 2. The molecule has 2 aromatic carbocycles.